The van der Waals surface area contributed by atoms with Crippen LogP contribution in [0.2, 0.25) is 0 Å². The van der Waals surface area contributed by atoms with Crippen molar-refractivity contribution in [1.29, 1.82) is 0 Å². The monoisotopic (exact) mass is 275 g/mol. The van der Waals surface area contributed by atoms with Gasteiger partial charge in [0.05, 0.1) is 5.56 Å². The summed E-state index contributed by atoms with van der Waals surface area (Å²) >= 11 is 1.79. The molecule has 0 N–H and O–H groups in total. The molecular formula is C15H17NO2S. The Hall–Kier alpha value is -1.55. The number of amides is 1. The van der Waals surface area contributed by atoms with Gasteiger partial charge in [0, 0.05) is 23.5 Å². The highest BCUT2D eigenvalue weighted by Gasteiger charge is 2.27. The van der Waals surface area contributed by atoms with Crippen molar-refractivity contribution < 1.29 is 9.21 Å². The van der Waals surface area contributed by atoms with Crippen molar-refractivity contribution in [3.05, 3.63) is 44.5 Å². The van der Waals surface area contributed by atoms with Crippen molar-refractivity contribution in [2.75, 3.05) is 6.54 Å². The number of thiophene rings is 1. The van der Waals surface area contributed by atoms with Crippen molar-refractivity contribution in [3.63, 3.8) is 0 Å². The van der Waals surface area contributed by atoms with E-state index in [1.54, 1.807) is 11.3 Å². The molecule has 3 nitrogen and oxygen atoms in total. The minimum absolute atomic E-state index is 0.101. The number of fused-ring (bicyclic) bond motifs is 1. The molecule has 0 spiro atoms. The predicted octanol–water partition coefficient (Wildman–Crippen LogP) is 3.46. The first kappa shape index (κ1) is 12.5. The fraction of sp³-hybridized carbons (Fsp3) is 0.400. The molecule has 3 rings (SSSR count). The van der Waals surface area contributed by atoms with Crippen LogP contribution in [-0.4, -0.2) is 17.4 Å². The molecule has 0 saturated carbocycles. The lowest BCUT2D eigenvalue weighted by Crippen LogP contribution is -2.35. The van der Waals surface area contributed by atoms with Gasteiger partial charge in [0.25, 0.3) is 5.91 Å². The fourth-order valence-electron chi connectivity index (χ4n) is 2.69. The van der Waals surface area contributed by atoms with E-state index >= 15 is 0 Å². The van der Waals surface area contributed by atoms with E-state index in [0.29, 0.717) is 0 Å². The van der Waals surface area contributed by atoms with Crippen LogP contribution in [0.5, 0.6) is 0 Å². The number of hydrogen-bond donors (Lipinski definition) is 0. The molecule has 0 saturated heterocycles. The van der Waals surface area contributed by atoms with Crippen LogP contribution < -0.4 is 0 Å². The third kappa shape index (κ3) is 2.00. The average Bonchev–Trinajstić information content (AvgIpc) is 2.94. The second-order valence-electron chi connectivity index (χ2n) is 5.06. The molecule has 2 aromatic rings. The number of rotatable bonds is 1. The van der Waals surface area contributed by atoms with Crippen LogP contribution in [0.15, 0.2) is 15.9 Å². The Kier molecular flexibility index (Phi) is 2.97. The van der Waals surface area contributed by atoms with E-state index in [0.717, 1.165) is 42.2 Å². The standard InChI is InChI=1S/C15H17NO2S/c1-9-10(2)18-11(3)14(9)15(17)16-6-4-13-12(8-16)5-7-19-13/h5,7H,4,6,8H2,1-3H3. The third-order valence-electron chi connectivity index (χ3n) is 3.87. The van der Waals surface area contributed by atoms with Crippen LogP contribution in [0.1, 0.15) is 37.9 Å². The van der Waals surface area contributed by atoms with Crippen molar-refractivity contribution in [3.8, 4) is 0 Å². The molecule has 0 bridgehead atoms. The maximum absolute atomic E-state index is 12.7. The van der Waals surface area contributed by atoms with E-state index in [1.165, 1.54) is 10.4 Å². The predicted molar refractivity (Wildman–Crippen MR) is 75.7 cm³/mol. The number of aryl methyl sites for hydroxylation is 2. The van der Waals surface area contributed by atoms with Gasteiger partial charge in [-0.2, -0.15) is 0 Å². The van der Waals surface area contributed by atoms with Gasteiger partial charge >= 0.3 is 0 Å². The first-order valence-corrected chi connectivity index (χ1v) is 7.37. The quantitative estimate of drug-likeness (QED) is 0.798. The van der Waals surface area contributed by atoms with Crippen molar-refractivity contribution in [1.82, 2.24) is 4.90 Å². The second kappa shape index (κ2) is 4.53. The Bertz CT molecular complexity index is 639. The van der Waals surface area contributed by atoms with Gasteiger partial charge in [0.15, 0.2) is 0 Å². The number of carbonyl (C=O) groups excluding carboxylic acids is 1. The molecule has 0 fully saturated rings. The van der Waals surface area contributed by atoms with E-state index in [9.17, 15) is 4.79 Å². The number of nitrogens with zero attached hydrogens (tertiary/aromatic N) is 1. The van der Waals surface area contributed by atoms with Crippen molar-refractivity contribution >= 4 is 17.2 Å². The fourth-order valence-corrected chi connectivity index (χ4v) is 3.58. The van der Waals surface area contributed by atoms with Crippen LogP contribution in [0.3, 0.4) is 0 Å². The maximum atomic E-state index is 12.7. The lowest BCUT2D eigenvalue weighted by Gasteiger charge is -2.27. The molecule has 1 aliphatic heterocycles. The van der Waals surface area contributed by atoms with Crippen LogP contribution in [0.25, 0.3) is 0 Å². The zero-order chi connectivity index (χ0) is 13.6. The SMILES string of the molecule is Cc1oc(C)c(C(=O)N2CCc3sccc3C2)c1C. The summed E-state index contributed by atoms with van der Waals surface area (Å²) in [5.74, 6) is 1.67. The highest BCUT2D eigenvalue weighted by molar-refractivity contribution is 7.10. The molecule has 3 heterocycles. The Morgan fingerprint density at radius 1 is 1.32 bits per heavy atom. The number of furan rings is 1. The van der Waals surface area contributed by atoms with Crippen LogP contribution in [-0.2, 0) is 13.0 Å². The molecule has 0 unspecified atom stereocenters. The third-order valence-corrected chi connectivity index (χ3v) is 4.89. The molecule has 0 aliphatic carbocycles. The zero-order valence-electron chi connectivity index (χ0n) is 11.4. The van der Waals surface area contributed by atoms with E-state index in [-0.39, 0.29) is 5.91 Å². The van der Waals surface area contributed by atoms with E-state index < -0.39 is 0 Å². The molecule has 0 aromatic carbocycles. The molecule has 19 heavy (non-hydrogen) atoms. The summed E-state index contributed by atoms with van der Waals surface area (Å²) in [5.41, 5.74) is 3.01. The summed E-state index contributed by atoms with van der Waals surface area (Å²) in [5, 5.41) is 2.11. The van der Waals surface area contributed by atoms with Gasteiger partial charge < -0.3 is 9.32 Å². The van der Waals surface area contributed by atoms with Crippen LogP contribution >= 0.6 is 11.3 Å². The summed E-state index contributed by atoms with van der Waals surface area (Å²) < 4.78 is 5.57. The van der Waals surface area contributed by atoms with Gasteiger partial charge in [-0.15, -0.1) is 11.3 Å². The first-order chi connectivity index (χ1) is 9.08. The molecule has 100 valence electrons. The Morgan fingerprint density at radius 3 is 2.79 bits per heavy atom. The van der Waals surface area contributed by atoms with Crippen molar-refractivity contribution in [2.45, 2.75) is 33.7 Å². The molecule has 1 aliphatic rings. The second-order valence-corrected chi connectivity index (χ2v) is 6.06. The molecule has 1 amide bonds. The largest absolute Gasteiger partial charge is 0.466 e. The normalized spacial score (nSPS) is 14.6. The van der Waals surface area contributed by atoms with E-state index in [4.69, 9.17) is 4.42 Å². The van der Waals surface area contributed by atoms with Crippen LogP contribution in [0.4, 0.5) is 0 Å². The average molecular weight is 275 g/mol. The van der Waals surface area contributed by atoms with Gasteiger partial charge in [-0.3, -0.25) is 4.79 Å². The summed E-state index contributed by atoms with van der Waals surface area (Å²) in [6.07, 6.45) is 0.966. The topological polar surface area (TPSA) is 33.5 Å². The Morgan fingerprint density at radius 2 is 2.11 bits per heavy atom. The summed E-state index contributed by atoms with van der Waals surface area (Å²) in [7, 11) is 0. The Labute approximate surface area is 116 Å². The summed E-state index contributed by atoms with van der Waals surface area (Å²) in [4.78, 5) is 16.0. The minimum Gasteiger partial charge on any atom is -0.466 e. The van der Waals surface area contributed by atoms with Gasteiger partial charge in [-0.05, 0) is 44.2 Å². The lowest BCUT2D eigenvalue weighted by atomic mass is 10.1. The van der Waals surface area contributed by atoms with Gasteiger partial charge in [0.1, 0.15) is 11.5 Å². The lowest BCUT2D eigenvalue weighted by molar-refractivity contribution is 0.0733. The number of hydrogen-bond acceptors (Lipinski definition) is 3. The number of carbonyl (C=O) groups is 1. The van der Waals surface area contributed by atoms with E-state index in [2.05, 4.69) is 11.4 Å². The molecular weight excluding hydrogens is 258 g/mol. The molecule has 4 heteroatoms. The molecule has 2 aromatic heterocycles. The zero-order valence-corrected chi connectivity index (χ0v) is 12.3. The molecule has 0 atom stereocenters. The van der Waals surface area contributed by atoms with Crippen LogP contribution in [0, 0.1) is 20.8 Å². The smallest absolute Gasteiger partial charge is 0.257 e. The Balaban J connectivity index is 1.90. The highest BCUT2D eigenvalue weighted by Crippen LogP contribution is 2.27. The highest BCUT2D eigenvalue weighted by atomic mass is 32.1. The van der Waals surface area contributed by atoms with Gasteiger partial charge in [-0.25, -0.2) is 0 Å². The maximum Gasteiger partial charge on any atom is 0.257 e. The van der Waals surface area contributed by atoms with Gasteiger partial charge in [0.2, 0.25) is 0 Å². The first-order valence-electron chi connectivity index (χ1n) is 6.49. The molecule has 0 radical (unpaired) electrons. The summed E-state index contributed by atoms with van der Waals surface area (Å²) in [6.45, 7) is 7.26. The summed E-state index contributed by atoms with van der Waals surface area (Å²) in [6, 6.07) is 2.12. The van der Waals surface area contributed by atoms with Gasteiger partial charge in [-0.1, -0.05) is 0 Å². The van der Waals surface area contributed by atoms with E-state index in [1.807, 2.05) is 25.7 Å². The minimum atomic E-state index is 0.101. The van der Waals surface area contributed by atoms with Crippen molar-refractivity contribution in [2.24, 2.45) is 0 Å².